The molecule has 0 spiro atoms. The zero-order valence-electron chi connectivity index (χ0n) is 13.6. The molecule has 6 nitrogen and oxygen atoms in total. The molecule has 0 saturated heterocycles. The van der Waals surface area contributed by atoms with E-state index in [9.17, 15) is 4.79 Å². The summed E-state index contributed by atoms with van der Waals surface area (Å²) >= 11 is 0. The van der Waals surface area contributed by atoms with Crippen molar-refractivity contribution < 1.29 is 14.6 Å². The fraction of sp³-hybridized carbons (Fsp3) is 0.500. The molecule has 0 radical (unpaired) electrons. The number of aromatic amines is 1. The van der Waals surface area contributed by atoms with E-state index in [0.717, 1.165) is 55.7 Å². The second-order valence-corrected chi connectivity index (χ2v) is 6.41. The van der Waals surface area contributed by atoms with Gasteiger partial charge in [0.25, 0.3) is 0 Å². The highest BCUT2D eigenvalue weighted by atomic mass is 16.5. The third-order valence-electron chi connectivity index (χ3n) is 4.67. The number of hydrogen-bond acceptors (Lipinski definition) is 4. The second kappa shape index (κ2) is 7.95. The van der Waals surface area contributed by atoms with Crippen molar-refractivity contribution in [1.82, 2.24) is 15.2 Å². The van der Waals surface area contributed by atoms with Gasteiger partial charge in [-0.2, -0.15) is 5.10 Å². The van der Waals surface area contributed by atoms with Crippen molar-refractivity contribution in [2.75, 3.05) is 6.61 Å². The van der Waals surface area contributed by atoms with Gasteiger partial charge in [0.1, 0.15) is 5.75 Å². The number of carboxylic acids is 1. The molecule has 6 heteroatoms. The highest BCUT2D eigenvalue weighted by molar-refractivity contribution is 5.70. The van der Waals surface area contributed by atoms with Gasteiger partial charge in [-0.15, -0.1) is 0 Å². The first-order valence-electron chi connectivity index (χ1n) is 8.54. The molecule has 0 bridgehead atoms. The summed E-state index contributed by atoms with van der Waals surface area (Å²) < 4.78 is 5.74. The van der Waals surface area contributed by atoms with Crippen LogP contribution in [0.3, 0.4) is 0 Å². The van der Waals surface area contributed by atoms with Gasteiger partial charge >= 0.3 is 5.97 Å². The first-order chi connectivity index (χ1) is 11.7. The molecule has 24 heavy (non-hydrogen) atoms. The lowest BCUT2D eigenvalue weighted by Crippen LogP contribution is -2.22. The topological polar surface area (TPSA) is 88.1 Å². The fourth-order valence-corrected chi connectivity index (χ4v) is 3.36. The van der Waals surface area contributed by atoms with E-state index in [1.54, 1.807) is 12.4 Å². The molecule has 2 unspecified atom stereocenters. The maximum Gasteiger partial charge on any atom is 0.306 e. The molecule has 1 aliphatic rings. The van der Waals surface area contributed by atoms with Crippen molar-refractivity contribution >= 4 is 5.97 Å². The molecule has 2 aromatic rings. The molecule has 0 amide bonds. The molecule has 2 aromatic heterocycles. The predicted molar refractivity (Wildman–Crippen MR) is 89.6 cm³/mol. The standard InChI is InChI=1S/C18H23N3O3/c22-18(23)14-5-1-3-13(11-14)4-2-10-24-15-6-7-16(19-12-15)17-8-9-20-21-17/h6-9,12-14H,1-5,10-11H2,(H,20,21)(H,22,23). The lowest BCUT2D eigenvalue weighted by atomic mass is 9.79. The van der Waals surface area contributed by atoms with Crippen LogP contribution >= 0.6 is 0 Å². The summed E-state index contributed by atoms with van der Waals surface area (Å²) in [7, 11) is 0. The molecule has 1 saturated carbocycles. The highest BCUT2D eigenvalue weighted by Crippen LogP contribution is 2.32. The van der Waals surface area contributed by atoms with Gasteiger partial charge < -0.3 is 9.84 Å². The van der Waals surface area contributed by atoms with Crippen LogP contribution < -0.4 is 4.74 Å². The van der Waals surface area contributed by atoms with Crippen LogP contribution in [0, 0.1) is 11.8 Å². The van der Waals surface area contributed by atoms with Crippen LogP contribution in [0.25, 0.3) is 11.4 Å². The largest absolute Gasteiger partial charge is 0.492 e. The Morgan fingerprint density at radius 1 is 1.33 bits per heavy atom. The van der Waals surface area contributed by atoms with Gasteiger partial charge in [0, 0.05) is 6.20 Å². The Bertz CT molecular complexity index is 640. The monoisotopic (exact) mass is 329 g/mol. The van der Waals surface area contributed by atoms with Gasteiger partial charge in [-0.25, -0.2) is 0 Å². The summed E-state index contributed by atoms with van der Waals surface area (Å²) in [5.41, 5.74) is 1.72. The summed E-state index contributed by atoms with van der Waals surface area (Å²) in [6.07, 6.45) is 9.21. The predicted octanol–water partition coefficient (Wildman–Crippen LogP) is 3.52. The molecule has 0 aliphatic heterocycles. The van der Waals surface area contributed by atoms with Crippen LogP contribution in [0.15, 0.2) is 30.6 Å². The number of carbonyl (C=O) groups is 1. The number of aliphatic carboxylic acids is 1. The van der Waals surface area contributed by atoms with Crippen molar-refractivity contribution in [1.29, 1.82) is 0 Å². The molecule has 2 N–H and O–H groups in total. The Kier molecular flexibility index (Phi) is 5.46. The molecule has 1 aliphatic carbocycles. The van der Waals surface area contributed by atoms with Crippen molar-refractivity contribution in [3.8, 4) is 17.1 Å². The quantitative estimate of drug-likeness (QED) is 0.759. The number of pyridine rings is 1. The van der Waals surface area contributed by atoms with Crippen molar-refractivity contribution in [3.05, 3.63) is 30.6 Å². The van der Waals surface area contributed by atoms with Crippen LogP contribution in [0.2, 0.25) is 0 Å². The van der Waals surface area contributed by atoms with Gasteiger partial charge in [0.2, 0.25) is 0 Å². The smallest absolute Gasteiger partial charge is 0.306 e. The average molecular weight is 329 g/mol. The molecular formula is C18H23N3O3. The zero-order chi connectivity index (χ0) is 16.8. The first kappa shape index (κ1) is 16.5. The van der Waals surface area contributed by atoms with Gasteiger partial charge in [-0.05, 0) is 49.8 Å². The van der Waals surface area contributed by atoms with Crippen LogP contribution in [-0.4, -0.2) is 32.9 Å². The number of H-pyrrole nitrogens is 1. The van der Waals surface area contributed by atoms with Crippen molar-refractivity contribution in [2.24, 2.45) is 11.8 Å². The fourth-order valence-electron chi connectivity index (χ4n) is 3.36. The SMILES string of the molecule is O=C(O)C1CCCC(CCCOc2ccc(-c3ccn[nH]3)nc2)C1. The third kappa shape index (κ3) is 4.34. The normalized spacial score (nSPS) is 20.7. The van der Waals surface area contributed by atoms with E-state index in [1.165, 1.54) is 0 Å². The lowest BCUT2D eigenvalue weighted by molar-refractivity contribution is -0.143. The van der Waals surface area contributed by atoms with E-state index in [1.807, 2.05) is 18.2 Å². The summed E-state index contributed by atoms with van der Waals surface area (Å²) in [5.74, 6) is 0.484. The number of aromatic nitrogens is 3. The summed E-state index contributed by atoms with van der Waals surface area (Å²) in [6, 6.07) is 5.68. The minimum Gasteiger partial charge on any atom is -0.492 e. The summed E-state index contributed by atoms with van der Waals surface area (Å²) in [4.78, 5) is 15.4. The molecule has 2 heterocycles. The molecule has 0 aromatic carbocycles. The molecule has 1 fully saturated rings. The molecular weight excluding hydrogens is 306 g/mol. The molecule has 2 atom stereocenters. The summed E-state index contributed by atoms with van der Waals surface area (Å²) in [5, 5.41) is 15.9. The number of hydrogen-bond donors (Lipinski definition) is 2. The maximum atomic E-state index is 11.1. The van der Waals surface area contributed by atoms with E-state index in [4.69, 9.17) is 9.84 Å². The summed E-state index contributed by atoms with van der Waals surface area (Å²) in [6.45, 7) is 0.638. The number of carboxylic acid groups (broad SMARTS) is 1. The maximum absolute atomic E-state index is 11.1. The Hall–Kier alpha value is -2.37. The van der Waals surface area contributed by atoms with Gasteiger partial charge in [-0.1, -0.05) is 12.8 Å². The molecule has 128 valence electrons. The van der Waals surface area contributed by atoms with E-state index in [2.05, 4.69) is 15.2 Å². The zero-order valence-corrected chi connectivity index (χ0v) is 13.6. The highest BCUT2D eigenvalue weighted by Gasteiger charge is 2.26. The molecule has 3 rings (SSSR count). The Labute approximate surface area is 141 Å². The number of rotatable bonds is 7. The van der Waals surface area contributed by atoms with Crippen molar-refractivity contribution in [3.63, 3.8) is 0 Å². The number of ether oxygens (including phenoxy) is 1. The average Bonchev–Trinajstić information content (AvgIpc) is 3.14. The Balaban J connectivity index is 1.39. The lowest BCUT2D eigenvalue weighted by Gasteiger charge is -2.26. The minimum absolute atomic E-state index is 0.149. The minimum atomic E-state index is -0.639. The van der Waals surface area contributed by atoms with Gasteiger partial charge in [0.05, 0.1) is 30.1 Å². The van der Waals surface area contributed by atoms with Crippen LogP contribution in [0.5, 0.6) is 5.75 Å². The second-order valence-electron chi connectivity index (χ2n) is 6.41. The van der Waals surface area contributed by atoms with Crippen LogP contribution in [0.1, 0.15) is 38.5 Å². The number of nitrogens with zero attached hydrogens (tertiary/aromatic N) is 2. The first-order valence-corrected chi connectivity index (χ1v) is 8.54. The van der Waals surface area contributed by atoms with E-state index >= 15 is 0 Å². The van der Waals surface area contributed by atoms with Gasteiger partial charge in [0.15, 0.2) is 0 Å². The van der Waals surface area contributed by atoms with E-state index < -0.39 is 5.97 Å². The van der Waals surface area contributed by atoms with E-state index in [-0.39, 0.29) is 5.92 Å². The van der Waals surface area contributed by atoms with Crippen LogP contribution in [-0.2, 0) is 4.79 Å². The number of nitrogens with one attached hydrogen (secondary N) is 1. The Morgan fingerprint density at radius 2 is 2.25 bits per heavy atom. The van der Waals surface area contributed by atoms with E-state index in [0.29, 0.717) is 12.5 Å². The third-order valence-corrected chi connectivity index (χ3v) is 4.67. The van der Waals surface area contributed by atoms with Crippen molar-refractivity contribution in [2.45, 2.75) is 38.5 Å². The van der Waals surface area contributed by atoms with Crippen LogP contribution in [0.4, 0.5) is 0 Å². The Morgan fingerprint density at radius 3 is 2.96 bits per heavy atom. The van der Waals surface area contributed by atoms with Gasteiger partial charge in [-0.3, -0.25) is 14.9 Å².